The van der Waals surface area contributed by atoms with Crippen molar-refractivity contribution >= 4 is 20.8 Å². The minimum atomic E-state index is -4.92. The summed E-state index contributed by atoms with van der Waals surface area (Å²) in [6.07, 6.45) is 0. The molecule has 0 unspecified atom stereocenters. The summed E-state index contributed by atoms with van der Waals surface area (Å²) < 4.78 is 66.9. The molecule has 0 heterocycles. The summed E-state index contributed by atoms with van der Waals surface area (Å²) >= 11 is 0. The van der Waals surface area contributed by atoms with Crippen molar-refractivity contribution in [3.8, 4) is 5.75 Å². The van der Waals surface area contributed by atoms with Gasteiger partial charge in [-0.15, -0.1) is 0 Å². The van der Waals surface area contributed by atoms with E-state index in [4.69, 9.17) is 17.5 Å². The van der Waals surface area contributed by atoms with E-state index in [0.29, 0.717) is 0 Å². The Bertz CT molecular complexity index is 504. The van der Waals surface area contributed by atoms with Crippen LogP contribution in [0, 0.1) is 0 Å². The first kappa shape index (κ1) is 23.9. The van der Waals surface area contributed by atoms with Crippen LogP contribution in [-0.4, -0.2) is 30.5 Å². The molecule has 1 aromatic rings. The van der Waals surface area contributed by atoms with E-state index in [2.05, 4.69) is 4.18 Å². The topological polar surface area (TPSA) is 144 Å². The Morgan fingerprint density at radius 3 is 1.56 bits per heavy atom. The maximum Gasteiger partial charge on any atom is 1.00 e. The summed E-state index contributed by atoms with van der Waals surface area (Å²) in [6.45, 7) is 0. The van der Waals surface area contributed by atoms with Gasteiger partial charge in [-0.2, -0.15) is 0 Å². The fraction of sp³-hybridized carbons (Fsp3) is 0. The molecule has 12 heteroatoms. The average Bonchev–Trinajstić information content (AvgIpc) is 1.99. The van der Waals surface area contributed by atoms with Gasteiger partial charge in [0.25, 0.3) is 10.4 Å². The van der Waals surface area contributed by atoms with Crippen LogP contribution in [-0.2, 0) is 20.8 Å². The zero-order valence-corrected chi connectivity index (χ0v) is 15.1. The van der Waals surface area contributed by atoms with Crippen LogP contribution in [0.1, 0.15) is 0 Å². The van der Waals surface area contributed by atoms with E-state index in [1.165, 1.54) is 12.1 Å². The Morgan fingerprint density at radius 2 is 1.28 bits per heavy atom. The summed E-state index contributed by atoms with van der Waals surface area (Å²) in [4.78, 5) is 0. The average molecular weight is 316 g/mol. The van der Waals surface area contributed by atoms with E-state index in [0.717, 1.165) is 0 Å². The van der Waals surface area contributed by atoms with Crippen LogP contribution in [0.3, 0.4) is 0 Å². The molecule has 1 rings (SSSR count). The van der Waals surface area contributed by atoms with Gasteiger partial charge in [-0.25, -0.2) is 16.8 Å². The van der Waals surface area contributed by atoms with Gasteiger partial charge in [0.05, 0.1) is 0 Å². The summed E-state index contributed by atoms with van der Waals surface area (Å²) in [5, 5.41) is 0. The smallest absolute Gasteiger partial charge is 0.726 e. The number of benzene rings is 1. The van der Waals surface area contributed by atoms with Gasteiger partial charge < -0.3 is 13.3 Å². The van der Waals surface area contributed by atoms with Crippen LogP contribution in [0.5, 0.6) is 5.75 Å². The first-order valence-corrected chi connectivity index (χ1v) is 6.16. The van der Waals surface area contributed by atoms with Crippen molar-refractivity contribution in [1.29, 1.82) is 0 Å². The zero-order chi connectivity index (χ0) is 12.8. The molecule has 0 spiro atoms. The van der Waals surface area contributed by atoms with Gasteiger partial charge in [0, 0.05) is 0 Å². The molecule has 0 radical (unpaired) electrons. The number of hydrogen-bond acceptors (Lipinski definition) is 7. The van der Waals surface area contributed by atoms with Crippen molar-refractivity contribution in [3.63, 3.8) is 0 Å². The molecule has 0 amide bonds. The quantitative estimate of drug-likeness (QED) is 0.322. The third-order valence-electron chi connectivity index (χ3n) is 0.941. The van der Waals surface area contributed by atoms with Crippen molar-refractivity contribution < 1.29 is 93.8 Å². The van der Waals surface area contributed by atoms with E-state index >= 15 is 0 Å². The molecular formula is C6H6Na2O8S2. The van der Waals surface area contributed by atoms with E-state index in [9.17, 15) is 13.0 Å². The second kappa shape index (κ2) is 10.6. The molecule has 1 N–H and O–H groups in total. The van der Waals surface area contributed by atoms with Gasteiger partial charge in [-0.3, -0.25) is 4.55 Å². The molecular weight excluding hydrogens is 310 g/mol. The maximum absolute atomic E-state index is 10.0. The minimum Gasteiger partial charge on any atom is -0.726 e. The Labute approximate surface area is 149 Å². The normalized spacial score (nSPS) is 9.94. The van der Waals surface area contributed by atoms with Gasteiger partial charge in [0.15, 0.2) is 0 Å². The number of hydrogen-bond donors (Lipinski definition) is 1. The molecule has 1 aromatic carbocycles. The second-order valence-electron chi connectivity index (χ2n) is 2.23. The Kier molecular flexibility index (Phi) is 14.0. The van der Waals surface area contributed by atoms with Crippen LogP contribution < -0.4 is 63.3 Å². The van der Waals surface area contributed by atoms with Crippen LogP contribution in [0.15, 0.2) is 30.3 Å². The van der Waals surface area contributed by atoms with E-state index < -0.39 is 20.8 Å². The predicted molar refractivity (Wildman–Crippen MR) is 49.1 cm³/mol. The standard InChI is InChI=1S/C6H6O4S.2Na.H2O4S/c7-11(8,9)10-6-4-2-1-3-5-6;;;1-5(2,3)4/h1-5H,(H,7,8,9);;;(H2,1,2,3,4)/q;2*+1;/p-2. The molecule has 0 saturated carbocycles. The Morgan fingerprint density at radius 1 is 0.944 bits per heavy atom. The fourth-order valence-corrected chi connectivity index (χ4v) is 0.941. The maximum atomic E-state index is 10.0. The minimum absolute atomic E-state index is 0. The van der Waals surface area contributed by atoms with E-state index in [-0.39, 0.29) is 64.9 Å². The predicted octanol–water partition coefficient (Wildman–Crippen LogP) is -6.46. The first-order valence-electron chi connectivity index (χ1n) is 3.46. The molecule has 0 atom stereocenters. The van der Waals surface area contributed by atoms with Gasteiger partial charge in [-0.1, -0.05) is 18.2 Å². The van der Waals surface area contributed by atoms with Crippen LogP contribution in [0.25, 0.3) is 0 Å². The van der Waals surface area contributed by atoms with Gasteiger partial charge in [0.2, 0.25) is 10.4 Å². The molecule has 18 heavy (non-hydrogen) atoms. The van der Waals surface area contributed by atoms with Gasteiger partial charge in [-0.05, 0) is 12.1 Å². The van der Waals surface area contributed by atoms with E-state index in [1.54, 1.807) is 18.2 Å². The molecule has 0 aromatic heterocycles. The SMILES string of the molecule is O=S(=O)([O-])O.O=S(=O)([O-])Oc1ccccc1.[Na+].[Na+]. The van der Waals surface area contributed by atoms with Gasteiger partial charge >= 0.3 is 59.1 Å². The number of rotatable bonds is 2. The summed E-state index contributed by atoms with van der Waals surface area (Å²) in [5.41, 5.74) is 0. The Balaban J connectivity index is -0.000000282. The van der Waals surface area contributed by atoms with E-state index in [1.807, 2.05) is 0 Å². The molecule has 0 bridgehead atoms. The third kappa shape index (κ3) is 22.0. The first-order chi connectivity index (χ1) is 7.08. The van der Waals surface area contributed by atoms with Crippen LogP contribution in [0.4, 0.5) is 0 Å². The van der Waals surface area contributed by atoms with Crippen molar-refractivity contribution in [1.82, 2.24) is 0 Å². The van der Waals surface area contributed by atoms with Crippen molar-refractivity contribution in [2.45, 2.75) is 0 Å². The summed E-state index contributed by atoms with van der Waals surface area (Å²) in [7, 11) is -9.54. The third-order valence-corrected chi connectivity index (χ3v) is 1.34. The van der Waals surface area contributed by atoms with Crippen LogP contribution >= 0.6 is 0 Å². The Hall–Kier alpha value is 0.800. The van der Waals surface area contributed by atoms with Crippen LogP contribution in [0.2, 0.25) is 0 Å². The molecule has 0 fully saturated rings. The molecule has 0 saturated heterocycles. The summed E-state index contributed by atoms with van der Waals surface area (Å²) in [6, 6.07) is 7.59. The fourth-order valence-electron chi connectivity index (χ4n) is 0.594. The zero-order valence-electron chi connectivity index (χ0n) is 9.51. The second-order valence-corrected chi connectivity index (χ2v) is 4.07. The van der Waals surface area contributed by atoms with Crippen molar-refractivity contribution in [3.05, 3.63) is 30.3 Å². The largest absolute Gasteiger partial charge is 1.00 e. The van der Waals surface area contributed by atoms with Crippen molar-refractivity contribution in [2.24, 2.45) is 0 Å². The molecule has 0 aliphatic rings. The molecule has 0 aliphatic heterocycles. The monoisotopic (exact) mass is 316 g/mol. The van der Waals surface area contributed by atoms with Crippen molar-refractivity contribution in [2.75, 3.05) is 0 Å². The number of para-hydroxylation sites is 1. The van der Waals surface area contributed by atoms with Gasteiger partial charge in [0.1, 0.15) is 5.75 Å². The molecule has 8 nitrogen and oxygen atoms in total. The summed E-state index contributed by atoms with van der Waals surface area (Å²) in [5.74, 6) is 0.0301. The molecule has 0 aliphatic carbocycles. The molecule has 92 valence electrons.